The van der Waals surface area contributed by atoms with Crippen molar-refractivity contribution in [3.63, 3.8) is 0 Å². The van der Waals surface area contributed by atoms with Crippen molar-refractivity contribution in [1.29, 1.82) is 0 Å². The zero-order valence-electron chi connectivity index (χ0n) is 8.47. The summed E-state index contributed by atoms with van der Waals surface area (Å²) in [5, 5.41) is 12.5. The first kappa shape index (κ1) is 10.2. The third-order valence-corrected chi connectivity index (χ3v) is 2.13. The maximum absolute atomic E-state index is 11.0. The molecule has 2 rings (SSSR count). The van der Waals surface area contributed by atoms with Crippen LogP contribution in [0.2, 0.25) is 0 Å². The number of nitrogens with zero attached hydrogens (tertiary/aromatic N) is 1. The number of hydrogen-bond donors (Lipinski definition) is 3. The van der Waals surface area contributed by atoms with E-state index in [9.17, 15) is 9.90 Å². The average molecular weight is 217 g/mol. The molecule has 1 aromatic carbocycles. The number of hydrogen-bond acceptors (Lipinski definition) is 4. The summed E-state index contributed by atoms with van der Waals surface area (Å²) in [6, 6.07) is 8.37. The number of phenols is 1. The number of aromatic nitrogens is 2. The van der Waals surface area contributed by atoms with Crippen molar-refractivity contribution in [2.24, 2.45) is 0 Å². The molecule has 0 unspecified atom stereocenters. The van der Waals surface area contributed by atoms with E-state index in [1.165, 1.54) is 12.4 Å². The quantitative estimate of drug-likeness (QED) is 0.719. The number of phenolic OH excluding ortho intramolecular Hbond substituents is 1. The van der Waals surface area contributed by atoms with Crippen molar-refractivity contribution in [2.45, 2.75) is 6.54 Å². The van der Waals surface area contributed by atoms with Gasteiger partial charge in [-0.25, -0.2) is 4.98 Å². The highest BCUT2D eigenvalue weighted by molar-refractivity contribution is 5.38. The van der Waals surface area contributed by atoms with E-state index >= 15 is 0 Å². The van der Waals surface area contributed by atoms with E-state index in [1.54, 1.807) is 18.2 Å². The standard InChI is InChI=1S/C11H11N3O2/c15-9-4-2-1-3-8(9)6-12-10-5-11(16)14-7-13-10/h1-5,7,15H,6H2,(H2,12,13,14,16). The lowest BCUT2D eigenvalue weighted by Gasteiger charge is -2.06. The van der Waals surface area contributed by atoms with Gasteiger partial charge in [-0.05, 0) is 6.07 Å². The van der Waals surface area contributed by atoms with Crippen LogP contribution in [0.3, 0.4) is 0 Å². The van der Waals surface area contributed by atoms with Gasteiger partial charge in [0, 0.05) is 18.2 Å². The summed E-state index contributed by atoms with van der Waals surface area (Å²) in [6.07, 6.45) is 1.33. The minimum atomic E-state index is -0.213. The van der Waals surface area contributed by atoms with E-state index in [1.807, 2.05) is 6.07 Å². The maximum atomic E-state index is 11.0. The number of para-hydroxylation sites is 1. The molecule has 0 bridgehead atoms. The topological polar surface area (TPSA) is 78.0 Å². The van der Waals surface area contributed by atoms with E-state index in [4.69, 9.17) is 0 Å². The summed E-state index contributed by atoms with van der Waals surface area (Å²) < 4.78 is 0. The fourth-order valence-corrected chi connectivity index (χ4v) is 1.31. The molecule has 82 valence electrons. The Morgan fingerprint density at radius 2 is 2.19 bits per heavy atom. The molecule has 0 radical (unpaired) electrons. The zero-order valence-corrected chi connectivity index (χ0v) is 8.47. The number of anilines is 1. The van der Waals surface area contributed by atoms with Crippen LogP contribution in [0.25, 0.3) is 0 Å². The normalized spacial score (nSPS) is 10.0. The Morgan fingerprint density at radius 1 is 1.38 bits per heavy atom. The van der Waals surface area contributed by atoms with Crippen LogP contribution in [-0.2, 0) is 6.54 Å². The Bertz CT molecular complexity index is 537. The molecule has 0 aliphatic carbocycles. The largest absolute Gasteiger partial charge is 0.508 e. The van der Waals surface area contributed by atoms with Crippen LogP contribution in [0.5, 0.6) is 5.75 Å². The number of H-pyrrole nitrogens is 1. The number of aromatic hydroxyl groups is 1. The predicted molar refractivity (Wildman–Crippen MR) is 60.3 cm³/mol. The lowest BCUT2D eigenvalue weighted by Crippen LogP contribution is -2.08. The van der Waals surface area contributed by atoms with Crippen LogP contribution >= 0.6 is 0 Å². The van der Waals surface area contributed by atoms with Gasteiger partial charge in [0.1, 0.15) is 11.6 Å². The second-order valence-electron chi connectivity index (χ2n) is 3.28. The van der Waals surface area contributed by atoms with Gasteiger partial charge >= 0.3 is 0 Å². The summed E-state index contributed by atoms with van der Waals surface area (Å²) in [5.74, 6) is 0.701. The van der Waals surface area contributed by atoms with Crippen LogP contribution in [-0.4, -0.2) is 15.1 Å². The predicted octanol–water partition coefficient (Wildman–Crippen LogP) is 1.09. The molecule has 3 N–H and O–H groups in total. The van der Waals surface area contributed by atoms with E-state index in [2.05, 4.69) is 15.3 Å². The van der Waals surface area contributed by atoms with Gasteiger partial charge in [0.15, 0.2) is 0 Å². The number of rotatable bonds is 3. The molecule has 0 saturated carbocycles. The Balaban J connectivity index is 2.08. The van der Waals surface area contributed by atoms with E-state index < -0.39 is 0 Å². The summed E-state index contributed by atoms with van der Waals surface area (Å²) in [5.41, 5.74) is 0.541. The van der Waals surface area contributed by atoms with Crippen LogP contribution in [0.15, 0.2) is 41.5 Å². The van der Waals surface area contributed by atoms with Crippen LogP contribution < -0.4 is 10.9 Å². The van der Waals surface area contributed by atoms with E-state index in [0.717, 1.165) is 5.56 Å². The summed E-state index contributed by atoms with van der Waals surface area (Å²) in [6.45, 7) is 0.420. The first-order valence-electron chi connectivity index (χ1n) is 4.81. The highest BCUT2D eigenvalue weighted by Gasteiger charge is 1.99. The van der Waals surface area contributed by atoms with Crippen LogP contribution in [0.4, 0.5) is 5.82 Å². The average Bonchev–Trinajstić information content (AvgIpc) is 2.28. The molecular weight excluding hydrogens is 206 g/mol. The molecule has 1 heterocycles. The Kier molecular flexibility index (Phi) is 2.86. The summed E-state index contributed by atoms with van der Waals surface area (Å²) in [4.78, 5) is 17.3. The van der Waals surface area contributed by atoms with Crippen molar-refractivity contribution in [3.05, 3.63) is 52.6 Å². The van der Waals surface area contributed by atoms with Crippen molar-refractivity contribution in [1.82, 2.24) is 9.97 Å². The van der Waals surface area contributed by atoms with E-state index in [0.29, 0.717) is 12.4 Å². The minimum absolute atomic E-state index is 0.213. The Morgan fingerprint density at radius 3 is 2.94 bits per heavy atom. The molecule has 0 aliphatic rings. The van der Waals surface area contributed by atoms with Crippen molar-refractivity contribution < 1.29 is 5.11 Å². The summed E-state index contributed by atoms with van der Waals surface area (Å²) in [7, 11) is 0. The first-order chi connectivity index (χ1) is 7.75. The van der Waals surface area contributed by atoms with Gasteiger partial charge in [-0.3, -0.25) is 4.79 Å². The second kappa shape index (κ2) is 4.48. The molecular formula is C11H11N3O2. The van der Waals surface area contributed by atoms with Gasteiger partial charge < -0.3 is 15.4 Å². The third-order valence-electron chi connectivity index (χ3n) is 2.13. The van der Waals surface area contributed by atoms with Crippen molar-refractivity contribution >= 4 is 5.82 Å². The zero-order chi connectivity index (χ0) is 11.4. The monoisotopic (exact) mass is 217 g/mol. The lowest BCUT2D eigenvalue weighted by atomic mass is 10.2. The number of aromatic amines is 1. The van der Waals surface area contributed by atoms with Gasteiger partial charge in [0.25, 0.3) is 5.56 Å². The SMILES string of the molecule is O=c1cc(NCc2ccccc2O)nc[nH]1. The molecule has 0 aliphatic heterocycles. The molecule has 5 nitrogen and oxygen atoms in total. The van der Waals surface area contributed by atoms with Crippen molar-refractivity contribution in [3.8, 4) is 5.75 Å². The fourth-order valence-electron chi connectivity index (χ4n) is 1.31. The van der Waals surface area contributed by atoms with Gasteiger partial charge in [0.2, 0.25) is 0 Å². The molecule has 0 fully saturated rings. The molecule has 5 heteroatoms. The third kappa shape index (κ3) is 2.38. The van der Waals surface area contributed by atoms with Gasteiger partial charge in [0.05, 0.1) is 6.33 Å². The molecule has 0 saturated heterocycles. The Labute approximate surface area is 91.8 Å². The highest BCUT2D eigenvalue weighted by atomic mass is 16.3. The minimum Gasteiger partial charge on any atom is -0.508 e. The first-order valence-corrected chi connectivity index (χ1v) is 4.81. The van der Waals surface area contributed by atoms with Crippen LogP contribution in [0.1, 0.15) is 5.56 Å². The highest BCUT2D eigenvalue weighted by Crippen LogP contribution is 2.16. The van der Waals surface area contributed by atoms with Gasteiger partial charge in [-0.1, -0.05) is 18.2 Å². The van der Waals surface area contributed by atoms with Crippen molar-refractivity contribution in [2.75, 3.05) is 5.32 Å². The Hall–Kier alpha value is -2.30. The van der Waals surface area contributed by atoms with Gasteiger partial charge in [-0.2, -0.15) is 0 Å². The molecule has 1 aromatic heterocycles. The lowest BCUT2D eigenvalue weighted by molar-refractivity contribution is 0.469. The maximum Gasteiger partial charge on any atom is 0.252 e. The number of benzene rings is 1. The van der Waals surface area contributed by atoms with Crippen LogP contribution in [0, 0.1) is 0 Å². The van der Waals surface area contributed by atoms with Gasteiger partial charge in [-0.15, -0.1) is 0 Å². The summed E-state index contributed by atoms with van der Waals surface area (Å²) >= 11 is 0. The molecule has 2 aromatic rings. The second-order valence-corrected chi connectivity index (χ2v) is 3.28. The molecule has 0 amide bonds. The molecule has 0 atom stereocenters. The smallest absolute Gasteiger partial charge is 0.252 e. The molecule has 16 heavy (non-hydrogen) atoms. The molecule has 0 spiro atoms. The fraction of sp³-hybridized carbons (Fsp3) is 0.0909. The number of nitrogens with one attached hydrogen (secondary N) is 2. The van der Waals surface area contributed by atoms with E-state index in [-0.39, 0.29) is 11.3 Å².